The van der Waals surface area contributed by atoms with Crippen LogP contribution in [0.3, 0.4) is 0 Å². The molecule has 3 rings (SSSR count). The van der Waals surface area contributed by atoms with Crippen molar-refractivity contribution in [3.8, 4) is 0 Å². The second-order valence-corrected chi connectivity index (χ2v) is 9.14. The van der Waals surface area contributed by atoms with Crippen LogP contribution in [0.5, 0.6) is 0 Å². The van der Waals surface area contributed by atoms with E-state index in [2.05, 4.69) is 90.1 Å². The Morgan fingerprint density at radius 1 is 0.968 bits per heavy atom. The Labute approximate surface area is 195 Å². The lowest BCUT2D eigenvalue weighted by atomic mass is 9.84. The van der Waals surface area contributed by atoms with Crippen LogP contribution in [-0.4, -0.2) is 31.4 Å². The number of thiol groups is 1. The van der Waals surface area contributed by atoms with Crippen LogP contribution < -0.4 is 10.6 Å². The fourth-order valence-corrected chi connectivity index (χ4v) is 4.88. The van der Waals surface area contributed by atoms with Crippen molar-refractivity contribution < 1.29 is 0 Å². The minimum atomic E-state index is 0.500. The third-order valence-corrected chi connectivity index (χ3v) is 6.58. The van der Waals surface area contributed by atoms with Crippen molar-refractivity contribution >= 4 is 12.6 Å². The first kappa shape index (κ1) is 24.1. The molecule has 0 saturated heterocycles. The van der Waals surface area contributed by atoms with Gasteiger partial charge < -0.3 is 10.6 Å². The second-order valence-electron chi connectivity index (χ2n) is 8.69. The number of benzene rings is 1. The molecule has 1 aromatic rings. The van der Waals surface area contributed by atoms with Gasteiger partial charge in [-0.3, -0.25) is 0 Å². The van der Waals surface area contributed by atoms with E-state index in [0.29, 0.717) is 12.0 Å². The van der Waals surface area contributed by atoms with Crippen LogP contribution in [0.1, 0.15) is 62.8 Å². The molecule has 0 spiro atoms. The van der Waals surface area contributed by atoms with Crippen molar-refractivity contribution in [2.75, 3.05) is 25.4 Å². The molecule has 0 amide bonds. The largest absolute Gasteiger partial charge is 0.315 e. The van der Waals surface area contributed by atoms with Crippen LogP contribution in [-0.2, 0) is 0 Å². The van der Waals surface area contributed by atoms with Crippen molar-refractivity contribution in [2.45, 2.75) is 63.3 Å². The molecule has 0 heterocycles. The Balaban J connectivity index is 1.41. The van der Waals surface area contributed by atoms with Gasteiger partial charge >= 0.3 is 0 Å². The molecule has 0 saturated carbocycles. The quantitative estimate of drug-likeness (QED) is 0.233. The summed E-state index contributed by atoms with van der Waals surface area (Å²) in [7, 11) is 0. The highest BCUT2D eigenvalue weighted by atomic mass is 32.1. The summed E-state index contributed by atoms with van der Waals surface area (Å²) in [5, 5.41) is 7.50. The predicted molar refractivity (Wildman–Crippen MR) is 139 cm³/mol. The summed E-state index contributed by atoms with van der Waals surface area (Å²) in [5.74, 6) is 1.45. The molecule has 0 bridgehead atoms. The van der Waals surface area contributed by atoms with Crippen molar-refractivity contribution in [3.05, 3.63) is 83.5 Å². The van der Waals surface area contributed by atoms with Crippen LogP contribution >= 0.6 is 12.6 Å². The van der Waals surface area contributed by atoms with E-state index in [9.17, 15) is 0 Å². The molecule has 0 fully saturated rings. The van der Waals surface area contributed by atoms with E-state index in [-0.39, 0.29) is 0 Å². The van der Waals surface area contributed by atoms with E-state index >= 15 is 0 Å². The molecular formula is C28H40N2S. The molecule has 1 aromatic carbocycles. The fourth-order valence-electron chi connectivity index (χ4n) is 4.57. The number of hydrogen-bond donors (Lipinski definition) is 3. The van der Waals surface area contributed by atoms with Gasteiger partial charge in [0.1, 0.15) is 0 Å². The minimum absolute atomic E-state index is 0.500. The molecule has 0 radical (unpaired) electrons. The molecule has 31 heavy (non-hydrogen) atoms. The number of rotatable bonds is 14. The molecule has 2 N–H and O–H groups in total. The van der Waals surface area contributed by atoms with Crippen molar-refractivity contribution in [3.63, 3.8) is 0 Å². The zero-order chi connectivity index (χ0) is 21.6. The van der Waals surface area contributed by atoms with E-state index in [0.717, 1.165) is 38.2 Å². The Bertz CT molecular complexity index is 748. The topological polar surface area (TPSA) is 24.1 Å². The highest BCUT2D eigenvalue weighted by Crippen LogP contribution is 2.32. The molecule has 2 nitrogen and oxygen atoms in total. The molecule has 2 aliphatic carbocycles. The van der Waals surface area contributed by atoms with Gasteiger partial charge in [-0.2, -0.15) is 12.6 Å². The van der Waals surface area contributed by atoms with Gasteiger partial charge in [0.05, 0.1) is 0 Å². The van der Waals surface area contributed by atoms with E-state index in [1.165, 1.54) is 49.7 Å². The van der Waals surface area contributed by atoms with Gasteiger partial charge in [0, 0.05) is 18.5 Å². The highest BCUT2D eigenvalue weighted by Gasteiger charge is 2.17. The van der Waals surface area contributed by atoms with E-state index in [4.69, 9.17) is 0 Å². The molecule has 2 aliphatic rings. The van der Waals surface area contributed by atoms with Crippen molar-refractivity contribution in [1.29, 1.82) is 0 Å². The average Bonchev–Trinajstić information content (AvgIpc) is 2.83. The average molecular weight is 437 g/mol. The summed E-state index contributed by atoms with van der Waals surface area (Å²) in [6.45, 7) is 3.14. The Morgan fingerprint density at radius 2 is 1.87 bits per heavy atom. The molecule has 3 heteroatoms. The lowest BCUT2D eigenvalue weighted by molar-refractivity contribution is 0.454. The Morgan fingerprint density at radius 3 is 2.61 bits per heavy atom. The normalized spacial score (nSPS) is 17.8. The van der Waals surface area contributed by atoms with Crippen LogP contribution in [0.15, 0.2) is 77.9 Å². The lowest BCUT2D eigenvalue weighted by Crippen LogP contribution is -2.40. The summed E-state index contributed by atoms with van der Waals surface area (Å²) in [4.78, 5) is 0. The molecule has 2 atom stereocenters. The molecule has 0 aliphatic heterocycles. The zero-order valence-electron chi connectivity index (χ0n) is 18.9. The number of hydrogen-bond acceptors (Lipinski definition) is 3. The first-order valence-corrected chi connectivity index (χ1v) is 12.8. The van der Waals surface area contributed by atoms with Gasteiger partial charge in [0.15, 0.2) is 0 Å². The summed E-state index contributed by atoms with van der Waals surface area (Å²) in [5.41, 5.74) is 4.53. The van der Waals surface area contributed by atoms with Gasteiger partial charge in [-0.05, 0) is 75.8 Å². The Hall–Kier alpha value is -1.55. The SMILES string of the molecule is SCCC(CNCCC(C1=CC=CCC1)c1ccccc1)NCCCC1=CCCC=C1. The van der Waals surface area contributed by atoms with Gasteiger partial charge in [0.2, 0.25) is 0 Å². The maximum absolute atomic E-state index is 4.48. The van der Waals surface area contributed by atoms with Crippen LogP contribution in [0.25, 0.3) is 0 Å². The summed E-state index contributed by atoms with van der Waals surface area (Å²) < 4.78 is 0. The standard InChI is InChI=1S/C28H40N2S/c31-22-19-27(30-20-10-13-24-11-4-1-5-12-24)23-29-21-18-28(25-14-6-2-7-15-25)26-16-8-3-9-17-26/h2-4,6-8,11-12,14-16,27-31H,1,5,9-10,13,17-23H2. The van der Waals surface area contributed by atoms with Gasteiger partial charge in [-0.15, -0.1) is 0 Å². The Kier molecular flexibility index (Phi) is 11.3. The maximum Gasteiger partial charge on any atom is 0.0200 e. The third kappa shape index (κ3) is 8.84. The number of nitrogens with one attached hydrogen (secondary N) is 2. The van der Waals surface area contributed by atoms with Crippen LogP contribution in [0, 0.1) is 0 Å². The second kappa shape index (κ2) is 14.5. The van der Waals surface area contributed by atoms with Crippen LogP contribution in [0.4, 0.5) is 0 Å². The first-order valence-electron chi connectivity index (χ1n) is 12.2. The molecule has 2 unspecified atom stereocenters. The van der Waals surface area contributed by atoms with Crippen molar-refractivity contribution in [2.24, 2.45) is 0 Å². The lowest BCUT2D eigenvalue weighted by Gasteiger charge is -2.24. The van der Waals surface area contributed by atoms with Gasteiger partial charge in [-0.25, -0.2) is 0 Å². The van der Waals surface area contributed by atoms with Crippen LogP contribution in [0.2, 0.25) is 0 Å². The fraction of sp³-hybridized carbons (Fsp3) is 0.500. The zero-order valence-corrected chi connectivity index (χ0v) is 19.8. The third-order valence-electron chi connectivity index (χ3n) is 6.32. The highest BCUT2D eigenvalue weighted by molar-refractivity contribution is 7.80. The predicted octanol–water partition coefficient (Wildman–Crippen LogP) is 6.36. The smallest absolute Gasteiger partial charge is 0.0200 e. The minimum Gasteiger partial charge on any atom is -0.315 e. The van der Waals surface area contributed by atoms with E-state index in [1.807, 2.05) is 0 Å². The summed E-state index contributed by atoms with van der Waals surface area (Å²) in [6, 6.07) is 11.5. The van der Waals surface area contributed by atoms with E-state index in [1.54, 1.807) is 5.57 Å². The van der Waals surface area contributed by atoms with Gasteiger partial charge in [-0.1, -0.05) is 77.9 Å². The molecule has 168 valence electrons. The molecule has 0 aromatic heterocycles. The maximum atomic E-state index is 4.48. The first-order chi connectivity index (χ1) is 15.4. The number of allylic oxidation sites excluding steroid dienone is 8. The summed E-state index contributed by atoms with van der Waals surface area (Å²) in [6.07, 6.45) is 23.3. The summed E-state index contributed by atoms with van der Waals surface area (Å²) >= 11 is 4.48. The monoisotopic (exact) mass is 436 g/mol. The van der Waals surface area contributed by atoms with Gasteiger partial charge in [0.25, 0.3) is 0 Å². The van der Waals surface area contributed by atoms with Crippen molar-refractivity contribution in [1.82, 2.24) is 10.6 Å². The molecular weight excluding hydrogens is 396 g/mol. The van der Waals surface area contributed by atoms with E-state index < -0.39 is 0 Å².